The van der Waals surface area contributed by atoms with Gasteiger partial charge in [-0.05, 0) is 48.5 Å². The summed E-state index contributed by atoms with van der Waals surface area (Å²) in [6.07, 6.45) is 4.09. The van der Waals surface area contributed by atoms with Crippen molar-refractivity contribution in [1.29, 1.82) is 0 Å². The predicted molar refractivity (Wildman–Crippen MR) is 139 cm³/mol. The van der Waals surface area contributed by atoms with Gasteiger partial charge in [0, 0.05) is 24.6 Å². The quantitative estimate of drug-likeness (QED) is 0.280. The van der Waals surface area contributed by atoms with Crippen LogP contribution in [0.15, 0.2) is 101 Å². The van der Waals surface area contributed by atoms with Crippen molar-refractivity contribution in [2.45, 2.75) is 4.90 Å². The molecule has 0 unspecified atom stereocenters. The van der Waals surface area contributed by atoms with E-state index in [0.717, 1.165) is 6.26 Å². The van der Waals surface area contributed by atoms with Crippen molar-refractivity contribution in [2.75, 3.05) is 6.26 Å². The second kappa shape index (κ2) is 9.45. The standard InChI is InChI=1S/C27H19N5O5S/c1-38(33,34)18-11-9-17(10-12-18)36-24-14-21-22(31-27(30-21)20-7-4-5-13-28-20)15-25(24)37-23-8-3-2-6-19(23)26-29-16-35-32-26/h2-16H,1H3,(H,30,31). The van der Waals surface area contributed by atoms with Crippen molar-refractivity contribution in [1.82, 2.24) is 25.1 Å². The number of rotatable bonds is 7. The molecular weight excluding hydrogens is 506 g/mol. The number of benzene rings is 3. The van der Waals surface area contributed by atoms with E-state index >= 15 is 0 Å². The van der Waals surface area contributed by atoms with Crippen LogP contribution in [-0.4, -0.2) is 39.8 Å². The lowest BCUT2D eigenvalue weighted by Gasteiger charge is -2.14. The number of imidazole rings is 1. The van der Waals surface area contributed by atoms with E-state index < -0.39 is 9.84 Å². The first-order valence-electron chi connectivity index (χ1n) is 11.4. The van der Waals surface area contributed by atoms with Crippen LogP contribution in [0.3, 0.4) is 0 Å². The molecule has 0 aliphatic heterocycles. The summed E-state index contributed by atoms with van der Waals surface area (Å²) in [5, 5.41) is 3.92. The normalized spacial score (nSPS) is 11.5. The molecule has 3 aromatic carbocycles. The van der Waals surface area contributed by atoms with Crippen LogP contribution < -0.4 is 9.47 Å². The van der Waals surface area contributed by atoms with Crippen LogP contribution in [0, 0.1) is 0 Å². The topological polar surface area (TPSA) is 133 Å². The molecule has 0 saturated heterocycles. The van der Waals surface area contributed by atoms with Crippen molar-refractivity contribution < 1.29 is 22.4 Å². The lowest BCUT2D eigenvalue weighted by molar-refractivity contribution is 0.414. The van der Waals surface area contributed by atoms with Crippen LogP contribution >= 0.6 is 0 Å². The summed E-state index contributed by atoms with van der Waals surface area (Å²) in [6, 6.07) is 22.5. The Morgan fingerprint density at radius 1 is 0.842 bits per heavy atom. The fourth-order valence-corrected chi connectivity index (χ4v) is 4.46. The van der Waals surface area contributed by atoms with Gasteiger partial charge >= 0.3 is 0 Å². The second-order valence-corrected chi connectivity index (χ2v) is 10.3. The lowest BCUT2D eigenvalue weighted by atomic mass is 10.2. The molecule has 0 aliphatic carbocycles. The Bertz CT molecular complexity index is 1840. The minimum Gasteiger partial charge on any atom is -0.453 e. The average Bonchev–Trinajstić information content (AvgIpc) is 3.60. The Balaban J connectivity index is 1.44. The number of H-pyrrole nitrogens is 1. The summed E-state index contributed by atoms with van der Waals surface area (Å²) < 4.78 is 41.1. The van der Waals surface area contributed by atoms with Gasteiger partial charge in [-0.25, -0.2) is 13.4 Å². The van der Waals surface area contributed by atoms with Gasteiger partial charge in [0.2, 0.25) is 12.2 Å². The third-order valence-electron chi connectivity index (χ3n) is 5.64. The van der Waals surface area contributed by atoms with Gasteiger partial charge in [-0.3, -0.25) is 4.98 Å². The van der Waals surface area contributed by atoms with Gasteiger partial charge in [-0.15, -0.1) is 0 Å². The van der Waals surface area contributed by atoms with Crippen molar-refractivity contribution in [3.63, 3.8) is 0 Å². The molecule has 188 valence electrons. The van der Waals surface area contributed by atoms with Crippen LogP contribution in [-0.2, 0) is 9.84 Å². The molecule has 6 rings (SSSR count). The van der Waals surface area contributed by atoms with E-state index in [2.05, 4.69) is 25.1 Å². The van der Waals surface area contributed by atoms with E-state index in [1.807, 2.05) is 36.4 Å². The zero-order valence-electron chi connectivity index (χ0n) is 19.9. The number of nitrogens with one attached hydrogen (secondary N) is 1. The molecule has 6 aromatic rings. The number of ether oxygens (including phenoxy) is 2. The Morgan fingerprint density at radius 3 is 2.37 bits per heavy atom. The fraction of sp³-hybridized carbons (Fsp3) is 0.0370. The van der Waals surface area contributed by atoms with E-state index in [1.54, 1.807) is 36.5 Å². The van der Waals surface area contributed by atoms with Gasteiger partial charge in [0.15, 0.2) is 27.2 Å². The van der Waals surface area contributed by atoms with Crippen molar-refractivity contribution in [2.24, 2.45) is 0 Å². The highest BCUT2D eigenvalue weighted by Gasteiger charge is 2.18. The molecule has 1 N–H and O–H groups in total. The highest BCUT2D eigenvalue weighted by atomic mass is 32.2. The van der Waals surface area contributed by atoms with Crippen molar-refractivity contribution >= 4 is 20.9 Å². The van der Waals surface area contributed by atoms with Crippen LogP contribution in [0.5, 0.6) is 23.0 Å². The maximum Gasteiger partial charge on any atom is 0.214 e. The zero-order chi connectivity index (χ0) is 26.1. The second-order valence-electron chi connectivity index (χ2n) is 8.32. The van der Waals surface area contributed by atoms with E-state index in [4.69, 9.17) is 14.0 Å². The zero-order valence-corrected chi connectivity index (χ0v) is 20.7. The molecule has 0 bridgehead atoms. The number of aromatic amines is 1. The first kappa shape index (κ1) is 23.4. The fourth-order valence-electron chi connectivity index (χ4n) is 3.83. The molecule has 0 atom stereocenters. The SMILES string of the molecule is CS(=O)(=O)c1ccc(Oc2cc3[nH]c(-c4ccccn4)nc3cc2Oc2ccccc2-c2ncon2)cc1. The number of fused-ring (bicyclic) bond motifs is 1. The Kier molecular flexibility index (Phi) is 5.81. The molecule has 0 fully saturated rings. The Hall–Kier alpha value is -5.03. The minimum atomic E-state index is -3.34. The number of hydrogen-bond donors (Lipinski definition) is 1. The molecule has 0 radical (unpaired) electrons. The van der Waals surface area contributed by atoms with E-state index in [-0.39, 0.29) is 4.90 Å². The smallest absolute Gasteiger partial charge is 0.214 e. The summed E-state index contributed by atoms with van der Waals surface area (Å²) in [5.74, 6) is 2.62. The Morgan fingerprint density at radius 2 is 1.63 bits per heavy atom. The molecule has 3 heterocycles. The van der Waals surface area contributed by atoms with Gasteiger partial charge in [-0.2, -0.15) is 4.98 Å². The number of hydrogen-bond acceptors (Lipinski definition) is 9. The monoisotopic (exact) mass is 525 g/mol. The first-order valence-corrected chi connectivity index (χ1v) is 13.3. The number of aromatic nitrogens is 5. The van der Waals surface area contributed by atoms with E-state index in [0.29, 0.717) is 56.9 Å². The molecule has 10 nitrogen and oxygen atoms in total. The molecule has 0 aliphatic rings. The van der Waals surface area contributed by atoms with Crippen molar-refractivity contribution in [3.05, 3.63) is 91.5 Å². The Labute approximate surface area is 216 Å². The number of nitrogens with zero attached hydrogens (tertiary/aromatic N) is 4. The van der Waals surface area contributed by atoms with E-state index in [1.165, 1.54) is 18.5 Å². The van der Waals surface area contributed by atoms with Gasteiger partial charge in [0.25, 0.3) is 0 Å². The summed E-state index contributed by atoms with van der Waals surface area (Å²) >= 11 is 0. The van der Waals surface area contributed by atoms with Gasteiger partial charge in [-0.1, -0.05) is 23.4 Å². The van der Waals surface area contributed by atoms with Gasteiger partial charge < -0.3 is 19.0 Å². The average molecular weight is 526 g/mol. The third-order valence-corrected chi connectivity index (χ3v) is 6.77. The predicted octanol–water partition coefficient (Wildman–Crippen LogP) is 5.66. The third kappa shape index (κ3) is 4.70. The summed E-state index contributed by atoms with van der Waals surface area (Å²) in [6.45, 7) is 0. The van der Waals surface area contributed by atoms with E-state index in [9.17, 15) is 8.42 Å². The van der Waals surface area contributed by atoms with Crippen LogP contribution in [0.2, 0.25) is 0 Å². The number of pyridine rings is 1. The molecule has 0 spiro atoms. The number of sulfone groups is 1. The molecule has 0 saturated carbocycles. The summed E-state index contributed by atoms with van der Waals surface area (Å²) in [7, 11) is -3.34. The molecule has 11 heteroatoms. The summed E-state index contributed by atoms with van der Waals surface area (Å²) in [4.78, 5) is 16.6. The highest BCUT2D eigenvalue weighted by Crippen LogP contribution is 2.40. The van der Waals surface area contributed by atoms with Crippen molar-refractivity contribution in [3.8, 4) is 45.9 Å². The number of para-hydroxylation sites is 1. The maximum absolute atomic E-state index is 11.9. The van der Waals surface area contributed by atoms with Crippen LogP contribution in [0.1, 0.15) is 0 Å². The summed E-state index contributed by atoms with van der Waals surface area (Å²) in [5.41, 5.74) is 2.65. The largest absolute Gasteiger partial charge is 0.453 e. The molecule has 3 aromatic heterocycles. The maximum atomic E-state index is 11.9. The van der Waals surface area contributed by atoms with Crippen LogP contribution in [0.4, 0.5) is 0 Å². The first-order chi connectivity index (χ1) is 18.4. The molecule has 38 heavy (non-hydrogen) atoms. The van der Waals surface area contributed by atoms with Gasteiger partial charge in [0.05, 0.1) is 21.5 Å². The minimum absolute atomic E-state index is 0.194. The lowest BCUT2D eigenvalue weighted by Crippen LogP contribution is -1.97. The van der Waals surface area contributed by atoms with Crippen LogP contribution in [0.25, 0.3) is 33.9 Å². The molecular formula is C27H19N5O5S. The molecule has 0 amide bonds. The van der Waals surface area contributed by atoms with Gasteiger partial charge in [0.1, 0.15) is 17.2 Å². The highest BCUT2D eigenvalue weighted by molar-refractivity contribution is 7.90.